The fourth-order valence-electron chi connectivity index (χ4n) is 3.76. The Balaban J connectivity index is 1.94. The molecule has 0 heterocycles. The molecule has 1 aromatic carbocycles. The Hall–Kier alpha value is -1.33. The number of hydrogen-bond donors (Lipinski definition) is 3. The van der Waals surface area contributed by atoms with Crippen molar-refractivity contribution in [2.75, 3.05) is 11.9 Å². The number of nitrogens with one attached hydrogen (secondary N) is 1. The molecule has 0 saturated carbocycles. The van der Waals surface area contributed by atoms with Crippen LogP contribution in [0.15, 0.2) is 36.4 Å². The van der Waals surface area contributed by atoms with Crippen molar-refractivity contribution in [3.05, 3.63) is 42.0 Å². The highest BCUT2D eigenvalue weighted by atomic mass is 79.9. The number of unbranched alkanes of at least 4 members (excludes halogenated alkanes) is 11. The number of aliphatic hydroxyl groups is 1. The van der Waals surface area contributed by atoms with Crippen LogP contribution in [-0.2, 0) is 11.2 Å². The van der Waals surface area contributed by atoms with Crippen LogP contribution in [0.2, 0.25) is 0 Å². The van der Waals surface area contributed by atoms with Gasteiger partial charge >= 0.3 is 0 Å². The number of allylic oxidation sites excluding steroid dienone is 2. The van der Waals surface area contributed by atoms with Crippen LogP contribution in [0.3, 0.4) is 0 Å². The second-order valence-corrected chi connectivity index (χ2v) is 9.49. The summed E-state index contributed by atoms with van der Waals surface area (Å²) in [4.78, 5) is 12.1. The minimum absolute atomic E-state index is 0.00822. The number of phenolic OH excluding ortho intramolecular Hbond substituents is 1. The van der Waals surface area contributed by atoms with E-state index in [0.717, 1.165) is 23.7 Å². The van der Waals surface area contributed by atoms with Gasteiger partial charge in [0.2, 0.25) is 5.91 Å². The SMILES string of the molecule is O=C(CCCCCCC/C=C\CCCCCCCCBr)N[C@@H](CO)Cc1ccc(O)cc1. The number of aromatic hydroxyl groups is 1. The van der Waals surface area contributed by atoms with Crippen molar-refractivity contribution >= 4 is 21.8 Å². The third-order valence-corrected chi connectivity index (χ3v) is 6.26. The molecule has 5 heteroatoms. The van der Waals surface area contributed by atoms with Gasteiger partial charge in [0, 0.05) is 11.8 Å². The third-order valence-electron chi connectivity index (χ3n) is 5.70. The Labute approximate surface area is 204 Å². The molecule has 4 nitrogen and oxygen atoms in total. The lowest BCUT2D eigenvalue weighted by Crippen LogP contribution is -2.38. The average Bonchev–Trinajstić information content (AvgIpc) is 2.79. The lowest BCUT2D eigenvalue weighted by atomic mass is 10.1. The van der Waals surface area contributed by atoms with Gasteiger partial charge in [-0.05, 0) is 62.6 Å². The summed E-state index contributed by atoms with van der Waals surface area (Å²) in [6, 6.07) is 6.59. The van der Waals surface area contributed by atoms with Crippen LogP contribution in [0.5, 0.6) is 5.75 Å². The molecule has 0 aromatic heterocycles. The van der Waals surface area contributed by atoms with Gasteiger partial charge in [0.05, 0.1) is 12.6 Å². The van der Waals surface area contributed by atoms with E-state index in [4.69, 9.17) is 0 Å². The van der Waals surface area contributed by atoms with Crippen molar-refractivity contribution in [3.8, 4) is 5.75 Å². The Morgan fingerprint density at radius 2 is 1.38 bits per heavy atom. The van der Waals surface area contributed by atoms with Crippen LogP contribution in [-0.4, -0.2) is 34.1 Å². The van der Waals surface area contributed by atoms with Gasteiger partial charge in [-0.2, -0.15) is 0 Å². The van der Waals surface area contributed by atoms with Gasteiger partial charge in [-0.25, -0.2) is 0 Å². The Morgan fingerprint density at radius 1 is 0.844 bits per heavy atom. The molecule has 0 aliphatic carbocycles. The molecule has 32 heavy (non-hydrogen) atoms. The molecule has 0 bridgehead atoms. The van der Waals surface area contributed by atoms with Gasteiger partial charge in [0.1, 0.15) is 5.75 Å². The van der Waals surface area contributed by atoms with E-state index in [1.807, 2.05) is 12.1 Å². The summed E-state index contributed by atoms with van der Waals surface area (Å²) < 4.78 is 0. The summed E-state index contributed by atoms with van der Waals surface area (Å²) in [6.07, 6.45) is 21.8. The van der Waals surface area contributed by atoms with Gasteiger partial charge in [0.15, 0.2) is 0 Å². The summed E-state index contributed by atoms with van der Waals surface area (Å²) in [6.45, 7) is -0.0858. The van der Waals surface area contributed by atoms with Crippen molar-refractivity contribution in [1.82, 2.24) is 5.32 Å². The van der Waals surface area contributed by atoms with E-state index >= 15 is 0 Å². The molecule has 3 N–H and O–H groups in total. The van der Waals surface area contributed by atoms with Crippen molar-refractivity contribution in [3.63, 3.8) is 0 Å². The number of phenols is 1. The van der Waals surface area contributed by atoms with Crippen LogP contribution >= 0.6 is 15.9 Å². The van der Waals surface area contributed by atoms with E-state index in [-0.39, 0.29) is 24.3 Å². The number of rotatable bonds is 20. The fraction of sp³-hybridized carbons (Fsp3) is 0.667. The van der Waals surface area contributed by atoms with Crippen LogP contribution in [0, 0.1) is 0 Å². The molecule has 0 unspecified atom stereocenters. The number of carbonyl (C=O) groups is 1. The number of alkyl halides is 1. The highest BCUT2D eigenvalue weighted by Gasteiger charge is 2.12. The lowest BCUT2D eigenvalue weighted by Gasteiger charge is -2.16. The number of amides is 1. The highest BCUT2D eigenvalue weighted by molar-refractivity contribution is 9.09. The molecule has 0 aliphatic rings. The van der Waals surface area contributed by atoms with Gasteiger partial charge in [-0.3, -0.25) is 4.79 Å². The van der Waals surface area contributed by atoms with Crippen LogP contribution in [0.25, 0.3) is 0 Å². The second-order valence-electron chi connectivity index (χ2n) is 8.69. The number of carbonyl (C=O) groups excluding carboxylic acids is 1. The van der Waals surface area contributed by atoms with E-state index in [0.29, 0.717) is 12.8 Å². The van der Waals surface area contributed by atoms with Crippen molar-refractivity contribution in [2.24, 2.45) is 0 Å². The maximum absolute atomic E-state index is 12.1. The second kappa shape index (κ2) is 20.3. The number of halogens is 1. The van der Waals surface area contributed by atoms with E-state index in [2.05, 4.69) is 33.4 Å². The molecular formula is C27H44BrNO3. The summed E-state index contributed by atoms with van der Waals surface area (Å²) in [5.41, 5.74) is 0.983. The summed E-state index contributed by atoms with van der Waals surface area (Å²) in [5.74, 6) is 0.227. The van der Waals surface area contributed by atoms with E-state index in [1.54, 1.807) is 12.1 Å². The minimum Gasteiger partial charge on any atom is -0.508 e. The first-order chi connectivity index (χ1) is 15.7. The first kappa shape index (κ1) is 28.7. The quantitative estimate of drug-likeness (QED) is 0.102. The molecule has 0 saturated heterocycles. The molecule has 0 radical (unpaired) electrons. The molecule has 1 aromatic rings. The average molecular weight is 511 g/mol. The maximum atomic E-state index is 12.1. The predicted octanol–water partition coefficient (Wildman–Crippen LogP) is 6.82. The molecule has 0 fully saturated rings. The Bertz CT molecular complexity index is 603. The van der Waals surface area contributed by atoms with E-state index < -0.39 is 0 Å². The smallest absolute Gasteiger partial charge is 0.220 e. The largest absolute Gasteiger partial charge is 0.508 e. The first-order valence-electron chi connectivity index (χ1n) is 12.5. The van der Waals surface area contributed by atoms with Crippen LogP contribution in [0.1, 0.15) is 95.5 Å². The molecule has 0 aliphatic heterocycles. The summed E-state index contributed by atoms with van der Waals surface area (Å²) in [5, 5.41) is 22.9. The molecule has 0 spiro atoms. The van der Waals surface area contributed by atoms with Gasteiger partial charge in [0.25, 0.3) is 0 Å². The zero-order valence-electron chi connectivity index (χ0n) is 19.7. The van der Waals surface area contributed by atoms with Gasteiger partial charge < -0.3 is 15.5 Å². The molecule has 1 rings (SSSR count). The van der Waals surface area contributed by atoms with E-state index in [9.17, 15) is 15.0 Å². The maximum Gasteiger partial charge on any atom is 0.220 e. The lowest BCUT2D eigenvalue weighted by molar-refractivity contribution is -0.122. The van der Waals surface area contributed by atoms with Crippen molar-refractivity contribution < 1.29 is 15.0 Å². The van der Waals surface area contributed by atoms with Crippen LogP contribution in [0.4, 0.5) is 0 Å². The highest BCUT2D eigenvalue weighted by Crippen LogP contribution is 2.12. The first-order valence-corrected chi connectivity index (χ1v) is 13.7. The number of benzene rings is 1. The molecule has 1 amide bonds. The zero-order chi connectivity index (χ0) is 23.3. The monoisotopic (exact) mass is 509 g/mol. The fourth-order valence-corrected chi connectivity index (χ4v) is 4.15. The van der Waals surface area contributed by atoms with Gasteiger partial charge in [-0.1, -0.05) is 85.2 Å². The van der Waals surface area contributed by atoms with Crippen LogP contribution < -0.4 is 5.32 Å². The molecule has 182 valence electrons. The van der Waals surface area contributed by atoms with Gasteiger partial charge in [-0.15, -0.1) is 0 Å². The van der Waals surface area contributed by atoms with Crippen molar-refractivity contribution in [2.45, 2.75) is 102 Å². The normalized spacial score (nSPS) is 12.3. The zero-order valence-corrected chi connectivity index (χ0v) is 21.3. The number of aliphatic hydroxyl groups excluding tert-OH is 1. The number of hydrogen-bond acceptors (Lipinski definition) is 3. The summed E-state index contributed by atoms with van der Waals surface area (Å²) in [7, 11) is 0. The Morgan fingerprint density at radius 3 is 1.94 bits per heavy atom. The van der Waals surface area contributed by atoms with E-state index in [1.165, 1.54) is 70.6 Å². The topological polar surface area (TPSA) is 69.6 Å². The third kappa shape index (κ3) is 16.3. The molecular weight excluding hydrogens is 466 g/mol. The minimum atomic E-state index is -0.280. The standard InChI is InChI=1S/C27H44BrNO3/c28-21-15-13-11-9-7-5-3-1-2-4-6-8-10-12-14-16-27(32)29-25(23-30)22-24-17-19-26(31)20-18-24/h1-2,17-20,25,30-31H,3-16,21-23H2,(H,29,32)/b2-1-/t25-/m1/s1. The summed E-state index contributed by atoms with van der Waals surface area (Å²) >= 11 is 3.48. The van der Waals surface area contributed by atoms with Crippen molar-refractivity contribution in [1.29, 1.82) is 0 Å². The predicted molar refractivity (Wildman–Crippen MR) is 138 cm³/mol. The Kier molecular flexibility index (Phi) is 18.2. The molecule has 1 atom stereocenters.